The Hall–Kier alpha value is -3.60. The van der Waals surface area contributed by atoms with Gasteiger partial charge in [0.05, 0.1) is 18.8 Å². The second-order valence-electron chi connectivity index (χ2n) is 13.6. The van der Waals surface area contributed by atoms with Crippen molar-refractivity contribution in [1.82, 2.24) is 20.5 Å². The number of anilines is 1. The SMILES string of the molecule is CC(=O)NCC1CCN(Cc2cc(Oc3ccc(N4CC[C@@H](NC(=O)OC(C)(C)C)[C@@H](F)C4)nc3)cc(-c3cc(Cl)cc(Cl)c3)c2)CC1. The Labute approximate surface area is 292 Å². The topological polar surface area (TPSA) is 96.0 Å². The number of likely N-dealkylation sites (tertiary alicyclic amines) is 1. The highest BCUT2D eigenvalue weighted by Gasteiger charge is 2.32. The number of halogens is 3. The number of piperidine rings is 2. The van der Waals surface area contributed by atoms with E-state index in [0.717, 1.165) is 55.7 Å². The molecule has 2 N–H and O–H groups in total. The summed E-state index contributed by atoms with van der Waals surface area (Å²) in [6, 6.07) is 14.6. The molecule has 2 aromatic carbocycles. The molecule has 3 aromatic rings. The number of rotatable bonds is 9. The highest BCUT2D eigenvalue weighted by atomic mass is 35.5. The zero-order valence-electron chi connectivity index (χ0n) is 27.9. The lowest BCUT2D eigenvalue weighted by molar-refractivity contribution is -0.119. The zero-order chi connectivity index (χ0) is 34.4. The number of benzene rings is 2. The number of alkyl halides is 1. The lowest BCUT2D eigenvalue weighted by atomic mass is 9.96. The molecule has 1 aromatic heterocycles. The zero-order valence-corrected chi connectivity index (χ0v) is 29.4. The Morgan fingerprint density at radius 1 is 0.958 bits per heavy atom. The van der Waals surface area contributed by atoms with E-state index in [-0.39, 0.29) is 12.5 Å². The Balaban J connectivity index is 1.26. The van der Waals surface area contributed by atoms with Crippen molar-refractivity contribution >= 4 is 41.0 Å². The first kappa shape index (κ1) is 35.7. The van der Waals surface area contributed by atoms with E-state index in [1.807, 2.05) is 41.3 Å². The number of aromatic nitrogens is 1. The number of nitrogens with zero attached hydrogens (tertiary/aromatic N) is 3. The van der Waals surface area contributed by atoms with Crippen LogP contribution in [-0.2, 0) is 16.1 Å². The van der Waals surface area contributed by atoms with Crippen molar-refractivity contribution < 1.29 is 23.5 Å². The summed E-state index contributed by atoms with van der Waals surface area (Å²) >= 11 is 12.7. The van der Waals surface area contributed by atoms with E-state index in [0.29, 0.717) is 46.2 Å². The lowest BCUT2D eigenvalue weighted by Gasteiger charge is -2.36. The molecular formula is C36H44Cl2FN5O4. The minimum atomic E-state index is -1.27. The molecule has 0 spiro atoms. The highest BCUT2D eigenvalue weighted by Crippen LogP contribution is 2.34. The van der Waals surface area contributed by atoms with Gasteiger partial charge in [0.2, 0.25) is 5.91 Å². The molecule has 2 saturated heterocycles. The summed E-state index contributed by atoms with van der Waals surface area (Å²) in [5.41, 5.74) is 2.24. The van der Waals surface area contributed by atoms with Gasteiger partial charge in [-0.25, -0.2) is 14.2 Å². The summed E-state index contributed by atoms with van der Waals surface area (Å²) < 4.78 is 26.7. The second kappa shape index (κ2) is 15.7. The maximum Gasteiger partial charge on any atom is 0.407 e. The first-order chi connectivity index (χ1) is 22.8. The first-order valence-corrected chi connectivity index (χ1v) is 17.1. The van der Waals surface area contributed by atoms with Crippen LogP contribution in [0.1, 0.15) is 52.5 Å². The minimum absolute atomic E-state index is 0.00968. The average molecular weight is 701 g/mol. The highest BCUT2D eigenvalue weighted by molar-refractivity contribution is 6.35. The Morgan fingerprint density at radius 2 is 1.67 bits per heavy atom. The molecule has 2 atom stereocenters. The summed E-state index contributed by atoms with van der Waals surface area (Å²) in [4.78, 5) is 32.3. The van der Waals surface area contributed by atoms with Gasteiger partial charge in [0.15, 0.2) is 0 Å². The van der Waals surface area contributed by atoms with Gasteiger partial charge in [0.25, 0.3) is 0 Å². The Kier molecular flexibility index (Phi) is 11.7. The number of pyridine rings is 1. The van der Waals surface area contributed by atoms with E-state index in [1.54, 1.807) is 40.0 Å². The smallest absolute Gasteiger partial charge is 0.407 e. The van der Waals surface area contributed by atoms with E-state index < -0.39 is 23.9 Å². The van der Waals surface area contributed by atoms with Crippen molar-refractivity contribution in [3.8, 4) is 22.6 Å². The van der Waals surface area contributed by atoms with Crippen molar-refractivity contribution in [3.05, 3.63) is 70.3 Å². The van der Waals surface area contributed by atoms with Crippen LogP contribution in [-0.4, -0.2) is 72.4 Å². The van der Waals surface area contributed by atoms with Crippen molar-refractivity contribution in [2.75, 3.05) is 37.6 Å². The van der Waals surface area contributed by atoms with Crippen LogP contribution in [0, 0.1) is 5.92 Å². The molecular weight excluding hydrogens is 656 g/mol. The molecule has 258 valence electrons. The van der Waals surface area contributed by atoms with Crippen LogP contribution in [0.25, 0.3) is 11.1 Å². The molecule has 9 nitrogen and oxygen atoms in total. The van der Waals surface area contributed by atoms with Gasteiger partial charge in [0, 0.05) is 36.6 Å². The molecule has 0 saturated carbocycles. The molecule has 0 bridgehead atoms. The summed E-state index contributed by atoms with van der Waals surface area (Å²) in [5, 5.41) is 6.70. The number of nitrogens with one attached hydrogen (secondary N) is 2. The largest absolute Gasteiger partial charge is 0.456 e. The average Bonchev–Trinajstić information content (AvgIpc) is 3.00. The number of carbonyl (C=O) groups is 2. The fourth-order valence-electron chi connectivity index (χ4n) is 6.08. The van der Waals surface area contributed by atoms with Crippen molar-refractivity contribution in [1.29, 1.82) is 0 Å². The number of alkyl carbamates (subject to hydrolysis) is 1. The number of amides is 2. The molecule has 5 rings (SSSR count). The molecule has 2 aliphatic rings. The lowest BCUT2D eigenvalue weighted by Crippen LogP contribution is -2.53. The van der Waals surface area contributed by atoms with Crippen LogP contribution in [0.15, 0.2) is 54.7 Å². The quantitative estimate of drug-likeness (QED) is 0.237. The van der Waals surface area contributed by atoms with E-state index in [4.69, 9.17) is 32.7 Å². The minimum Gasteiger partial charge on any atom is -0.456 e. The molecule has 0 unspecified atom stereocenters. The fourth-order valence-corrected chi connectivity index (χ4v) is 6.61. The van der Waals surface area contributed by atoms with E-state index >= 15 is 4.39 Å². The fraction of sp³-hybridized carbons (Fsp3) is 0.472. The Morgan fingerprint density at radius 3 is 2.29 bits per heavy atom. The molecule has 0 aliphatic carbocycles. The summed E-state index contributed by atoms with van der Waals surface area (Å²) in [6.07, 6.45) is 2.22. The van der Waals surface area contributed by atoms with Crippen molar-refractivity contribution in [3.63, 3.8) is 0 Å². The normalized spacial score (nSPS) is 19.1. The number of hydrogen-bond acceptors (Lipinski definition) is 7. The number of ether oxygens (including phenoxy) is 2. The molecule has 2 aliphatic heterocycles. The van der Waals surface area contributed by atoms with Gasteiger partial charge in [-0.2, -0.15) is 0 Å². The maximum absolute atomic E-state index is 15.1. The van der Waals surface area contributed by atoms with E-state index in [9.17, 15) is 9.59 Å². The molecule has 3 heterocycles. The van der Waals surface area contributed by atoms with Crippen LogP contribution in [0.2, 0.25) is 10.0 Å². The standard InChI is InChI=1S/C36H44Cl2FN5O4/c1-23(45)40-19-24-7-10-43(11-8-24)21-25-13-26(27-15-28(37)18-29(38)16-27)17-31(14-25)47-30-5-6-34(41-20-30)44-12-9-33(32(39)22-44)42-35(46)48-36(2,3)4/h5-6,13-18,20,24,32-33H,7-12,19,21-22H2,1-4H3,(H,40,45)(H,42,46)/t32-,33+/m0/s1. The third kappa shape index (κ3) is 10.4. The third-order valence-electron chi connectivity index (χ3n) is 8.44. The van der Waals surface area contributed by atoms with Gasteiger partial charge in [0.1, 0.15) is 29.1 Å². The summed E-state index contributed by atoms with van der Waals surface area (Å²) in [6.45, 7) is 10.8. The predicted octanol–water partition coefficient (Wildman–Crippen LogP) is 7.64. The summed E-state index contributed by atoms with van der Waals surface area (Å²) in [5.74, 6) is 2.31. The maximum atomic E-state index is 15.1. The van der Waals surface area contributed by atoms with Gasteiger partial charge >= 0.3 is 6.09 Å². The van der Waals surface area contributed by atoms with Gasteiger partial charge in [-0.15, -0.1) is 0 Å². The molecule has 2 fully saturated rings. The number of carbonyl (C=O) groups excluding carboxylic acids is 2. The van der Waals surface area contributed by atoms with Gasteiger partial charge in [-0.3, -0.25) is 9.69 Å². The van der Waals surface area contributed by atoms with Gasteiger partial charge < -0.3 is 25.0 Å². The van der Waals surface area contributed by atoms with E-state index in [1.165, 1.54) is 0 Å². The first-order valence-electron chi connectivity index (χ1n) is 16.4. The molecule has 0 radical (unpaired) electrons. The van der Waals surface area contributed by atoms with Crippen molar-refractivity contribution in [2.45, 2.75) is 71.3 Å². The predicted molar refractivity (Wildman–Crippen MR) is 188 cm³/mol. The Bertz CT molecular complexity index is 1560. The van der Waals surface area contributed by atoms with Gasteiger partial charge in [-0.05, 0) is 124 Å². The molecule has 48 heavy (non-hydrogen) atoms. The molecule has 2 amide bonds. The van der Waals surface area contributed by atoms with Gasteiger partial charge in [-0.1, -0.05) is 23.2 Å². The molecule has 12 heteroatoms. The second-order valence-corrected chi connectivity index (χ2v) is 14.5. The third-order valence-corrected chi connectivity index (χ3v) is 8.88. The van der Waals surface area contributed by atoms with E-state index in [2.05, 4.69) is 26.6 Å². The van der Waals surface area contributed by atoms with Crippen LogP contribution >= 0.6 is 23.2 Å². The van der Waals surface area contributed by atoms with Crippen LogP contribution < -0.4 is 20.3 Å². The van der Waals surface area contributed by atoms with Crippen LogP contribution in [0.3, 0.4) is 0 Å². The van der Waals surface area contributed by atoms with Crippen LogP contribution in [0.4, 0.5) is 15.0 Å². The van der Waals surface area contributed by atoms with Crippen LogP contribution in [0.5, 0.6) is 11.5 Å². The number of hydrogen-bond donors (Lipinski definition) is 2. The summed E-state index contributed by atoms with van der Waals surface area (Å²) in [7, 11) is 0. The van der Waals surface area contributed by atoms with Crippen molar-refractivity contribution in [2.24, 2.45) is 5.92 Å². The monoisotopic (exact) mass is 699 g/mol.